The fourth-order valence-electron chi connectivity index (χ4n) is 1.27. The highest BCUT2D eigenvalue weighted by Crippen LogP contribution is 2.26. The van der Waals surface area contributed by atoms with Crippen LogP contribution in [0.3, 0.4) is 0 Å². The highest BCUT2D eigenvalue weighted by atomic mass is 35.5. The van der Waals surface area contributed by atoms with Crippen molar-refractivity contribution in [3.63, 3.8) is 0 Å². The van der Waals surface area contributed by atoms with E-state index in [1.807, 2.05) is 0 Å². The number of carbonyl (C=O) groups excluding carboxylic acids is 1. The van der Waals surface area contributed by atoms with E-state index >= 15 is 0 Å². The normalized spacial score (nSPS) is 14.3. The lowest BCUT2D eigenvalue weighted by molar-refractivity contribution is 0.0966. The number of rotatable bonds is 0. The number of nitrogens with one attached hydrogen (secondary N) is 1. The molecule has 0 bridgehead atoms. The molecule has 0 atom stereocenters. The molecule has 1 N–H and O–H groups in total. The van der Waals surface area contributed by atoms with Crippen molar-refractivity contribution in [2.24, 2.45) is 0 Å². The molecule has 4 heteroatoms. The van der Waals surface area contributed by atoms with Crippen molar-refractivity contribution >= 4 is 17.5 Å². The molecule has 0 saturated carbocycles. The van der Waals surface area contributed by atoms with Crippen molar-refractivity contribution in [3.05, 3.63) is 34.1 Å². The van der Waals surface area contributed by atoms with E-state index in [9.17, 15) is 9.18 Å². The van der Waals surface area contributed by atoms with E-state index in [1.165, 1.54) is 12.1 Å². The number of hydrogen-bond acceptors (Lipinski definition) is 1. The zero-order valence-corrected chi connectivity index (χ0v) is 6.78. The maximum Gasteiger partial charge on any atom is 0.253 e. The average molecular weight is 186 g/mol. The van der Waals surface area contributed by atoms with Gasteiger partial charge in [0.1, 0.15) is 5.82 Å². The first-order valence-electron chi connectivity index (χ1n) is 3.45. The summed E-state index contributed by atoms with van der Waals surface area (Å²) in [6, 6.07) is 2.65. The third kappa shape index (κ3) is 0.898. The SMILES string of the molecule is O=C1NCc2c(F)ccc(Cl)c21. The van der Waals surface area contributed by atoms with E-state index < -0.39 is 0 Å². The van der Waals surface area contributed by atoms with Crippen LogP contribution in [0.15, 0.2) is 12.1 Å². The third-order valence-corrected chi connectivity index (χ3v) is 2.17. The van der Waals surface area contributed by atoms with Gasteiger partial charge in [0.15, 0.2) is 0 Å². The molecule has 0 aromatic heterocycles. The summed E-state index contributed by atoms with van der Waals surface area (Å²) < 4.78 is 13.0. The Morgan fingerprint density at radius 1 is 1.50 bits per heavy atom. The molecule has 0 unspecified atom stereocenters. The van der Waals surface area contributed by atoms with Crippen molar-refractivity contribution in [2.75, 3.05) is 0 Å². The molecule has 62 valence electrons. The lowest BCUT2D eigenvalue weighted by Gasteiger charge is -1.98. The topological polar surface area (TPSA) is 29.1 Å². The smallest absolute Gasteiger partial charge is 0.253 e. The van der Waals surface area contributed by atoms with Crippen molar-refractivity contribution in [1.82, 2.24) is 5.32 Å². The predicted octanol–water partition coefficient (Wildman–Crippen LogP) is 1.72. The van der Waals surface area contributed by atoms with Crippen LogP contribution in [0.2, 0.25) is 5.02 Å². The van der Waals surface area contributed by atoms with Crippen LogP contribution in [0.1, 0.15) is 15.9 Å². The van der Waals surface area contributed by atoms with Gasteiger partial charge in [0.25, 0.3) is 5.91 Å². The van der Waals surface area contributed by atoms with Gasteiger partial charge >= 0.3 is 0 Å². The first-order chi connectivity index (χ1) is 5.70. The largest absolute Gasteiger partial charge is 0.348 e. The highest BCUT2D eigenvalue weighted by molar-refractivity contribution is 6.34. The standard InChI is InChI=1S/C8H5ClFNO/c9-5-1-2-6(10)4-3-11-8(12)7(4)5/h1-2H,3H2,(H,11,12). The summed E-state index contributed by atoms with van der Waals surface area (Å²) in [6.07, 6.45) is 0. The zero-order valence-electron chi connectivity index (χ0n) is 6.03. The second kappa shape index (κ2) is 2.45. The summed E-state index contributed by atoms with van der Waals surface area (Å²) in [5.74, 6) is -0.678. The van der Waals surface area contributed by atoms with Gasteiger partial charge in [-0.15, -0.1) is 0 Å². The van der Waals surface area contributed by atoms with Crippen LogP contribution >= 0.6 is 11.6 Å². The highest BCUT2D eigenvalue weighted by Gasteiger charge is 2.24. The molecular formula is C8H5ClFNO. The minimum absolute atomic E-state index is 0.237. The number of amides is 1. The fraction of sp³-hybridized carbons (Fsp3) is 0.125. The van der Waals surface area contributed by atoms with Gasteiger partial charge in [-0.05, 0) is 12.1 Å². The molecule has 1 heterocycles. The van der Waals surface area contributed by atoms with Gasteiger partial charge in [0.05, 0.1) is 10.6 Å². The van der Waals surface area contributed by atoms with Gasteiger partial charge in [0.2, 0.25) is 0 Å². The number of carbonyl (C=O) groups is 1. The van der Waals surface area contributed by atoms with Crippen LogP contribution in [0, 0.1) is 5.82 Å². The quantitative estimate of drug-likeness (QED) is 0.655. The van der Waals surface area contributed by atoms with E-state index in [0.29, 0.717) is 10.6 Å². The molecule has 2 rings (SSSR count). The summed E-state index contributed by atoms with van der Waals surface area (Å²) in [5, 5.41) is 2.81. The molecule has 0 radical (unpaired) electrons. The van der Waals surface area contributed by atoms with Crippen LogP contribution < -0.4 is 5.32 Å². The van der Waals surface area contributed by atoms with E-state index in [1.54, 1.807) is 0 Å². The Balaban J connectivity index is 2.72. The summed E-state index contributed by atoms with van der Waals surface area (Å²) in [7, 11) is 0. The second-order valence-electron chi connectivity index (χ2n) is 2.57. The van der Waals surface area contributed by atoms with Crippen LogP contribution in [-0.2, 0) is 6.54 Å². The van der Waals surface area contributed by atoms with Gasteiger partial charge in [-0.3, -0.25) is 4.79 Å². The monoisotopic (exact) mass is 185 g/mol. The second-order valence-corrected chi connectivity index (χ2v) is 2.97. The lowest BCUT2D eigenvalue weighted by atomic mass is 10.1. The van der Waals surface area contributed by atoms with E-state index in [4.69, 9.17) is 11.6 Å². The minimum atomic E-state index is -0.382. The van der Waals surface area contributed by atoms with Crippen LogP contribution in [0.4, 0.5) is 4.39 Å². The summed E-state index contributed by atoms with van der Waals surface area (Å²) in [6.45, 7) is 0.237. The Morgan fingerprint density at radius 2 is 2.25 bits per heavy atom. The number of hydrogen-bond donors (Lipinski definition) is 1. The van der Waals surface area contributed by atoms with Crippen molar-refractivity contribution < 1.29 is 9.18 Å². The molecule has 0 spiro atoms. The Labute approximate surface area is 73.3 Å². The Bertz CT molecular complexity index is 364. The number of halogens is 2. The first-order valence-corrected chi connectivity index (χ1v) is 3.83. The molecule has 0 saturated heterocycles. The minimum Gasteiger partial charge on any atom is -0.348 e. The molecule has 1 aliphatic heterocycles. The number of fused-ring (bicyclic) bond motifs is 1. The summed E-state index contributed by atoms with van der Waals surface area (Å²) in [4.78, 5) is 11.1. The van der Waals surface area contributed by atoms with Crippen LogP contribution in [0.5, 0.6) is 0 Å². The van der Waals surface area contributed by atoms with Crippen LogP contribution in [0.25, 0.3) is 0 Å². The van der Waals surface area contributed by atoms with Gasteiger partial charge in [-0.25, -0.2) is 4.39 Å². The lowest BCUT2D eigenvalue weighted by Crippen LogP contribution is -2.12. The summed E-state index contributed by atoms with van der Waals surface area (Å²) in [5.41, 5.74) is 0.643. The van der Waals surface area contributed by atoms with Crippen molar-refractivity contribution in [1.29, 1.82) is 0 Å². The maximum atomic E-state index is 13.0. The molecule has 1 aromatic rings. The average Bonchev–Trinajstić information content (AvgIpc) is 2.42. The molecule has 1 aromatic carbocycles. The molecule has 12 heavy (non-hydrogen) atoms. The van der Waals surface area contributed by atoms with E-state index in [2.05, 4.69) is 5.32 Å². The number of benzene rings is 1. The van der Waals surface area contributed by atoms with Crippen LogP contribution in [-0.4, -0.2) is 5.91 Å². The molecule has 1 amide bonds. The molecule has 1 aliphatic rings. The maximum absolute atomic E-state index is 13.0. The Hall–Kier alpha value is -1.09. The molecule has 0 aliphatic carbocycles. The fourth-order valence-corrected chi connectivity index (χ4v) is 1.53. The van der Waals surface area contributed by atoms with Crippen molar-refractivity contribution in [2.45, 2.75) is 6.54 Å². The van der Waals surface area contributed by atoms with Gasteiger partial charge in [-0.1, -0.05) is 11.6 Å². The Morgan fingerprint density at radius 3 is 2.92 bits per heavy atom. The first kappa shape index (κ1) is 7.55. The molecular weight excluding hydrogens is 181 g/mol. The Kier molecular flexibility index (Phi) is 1.54. The molecule has 0 fully saturated rings. The van der Waals surface area contributed by atoms with E-state index in [0.717, 1.165) is 0 Å². The third-order valence-electron chi connectivity index (χ3n) is 1.86. The zero-order chi connectivity index (χ0) is 8.72. The van der Waals surface area contributed by atoms with Gasteiger partial charge in [0, 0.05) is 12.1 Å². The van der Waals surface area contributed by atoms with E-state index in [-0.39, 0.29) is 23.8 Å². The molecule has 2 nitrogen and oxygen atoms in total. The van der Waals surface area contributed by atoms with Gasteiger partial charge < -0.3 is 5.32 Å². The van der Waals surface area contributed by atoms with Crippen molar-refractivity contribution in [3.8, 4) is 0 Å². The van der Waals surface area contributed by atoms with Gasteiger partial charge in [-0.2, -0.15) is 0 Å². The summed E-state index contributed by atoms with van der Waals surface area (Å²) >= 11 is 5.71. The predicted molar refractivity (Wildman–Crippen MR) is 42.6 cm³/mol.